The van der Waals surface area contributed by atoms with E-state index in [2.05, 4.69) is 52.4 Å². The van der Waals surface area contributed by atoms with Crippen molar-refractivity contribution in [3.8, 4) is 0 Å². The molecule has 0 amide bonds. The first-order chi connectivity index (χ1) is 9.11. The van der Waals surface area contributed by atoms with Crippen LogP contribution < -0.4 is 5.32 Å². The first-order valence-corrected chi connectivity index (χ1v) is 8.66. The minimum atomic E-state index is -0.0958. The van der Waals surface area contributed by atoms with Crippen molar-refractivity contribution in [2.75, 3.05) is 12.4 Å². The van der Waals surface area contributed by atoms with E-state index in [1.165, 1.54) is 17.7 Å². The summed E-state index contributed by atoms with van der Waals surface area (Å²) in [6.07, 6.45) is 4.69. The molecule has 1 aliphatic rings. The zero-order valence-electron chi connectivity index (χ0n) is 11.4. The van der Waals surface area contributed by atoms with E-state index >= 15 is 0 Å². The summed E-state index contributed by atoms with van der Waals surface area (Å²) in [5, 5.41) is 13.1. The van der Waals surface area contributed by atoms with Gasteiger partial charge in [0.15, 0.2) is 0 Å². The molecule has 2 rings (SSSR count). The number of thioether (sulfide) groups is 1. The second-order valence-electron chi connectivity index (χ2n) is 5.54. The van der Waals surface area contributed by atoms with Gasteiger partial charge in [-0.25, -0.2) is 0 Å². The van der Waals surface area contributed by atoms with E-state index in [9.17, 15) is 5.11 Å². The third kappa shape index (κ3) is 5.46. The largest absolute Gasteiger partial charge is 0.394 e. The molecule has 0 aliphatic heterocycles. The number of halogens is 1. The minimum Gasteiger partial charge on any atom is -0.394 e. The molecule has 1 aliphatic carbocycles. The van der Waals surface area contributed by atoms with Crippen molar-refractivity contribution in [2.24, 2.45) is 0 Å². The number of hydrogen-bond donors (Lipinski definition) is 2. The first-order valence-electron chi connectivity index (χ1n) is 6.88. The Morgan fingerprint density at radius 1 is 1.37 bits per heavy atom. The molecule has 106 valence electrons. The van der Waals surface area contributed by atoms with E-state index in [1.807, 2.05) is 11.8 Å². The van der Waals surface area contributed by atoms with Gasteiger partial charge in [0, 0.05) is 20.9 Å². The first kappa shape index (κ1) is 15.4. The van der Waals surface area contributed by atoms with E-state index < -0.39 is 0 Å². The number of nitrogens with one attached hydrogen (secondary N) is 1. The quantitative estimate of drug-likeness (QED) is 0.555. The van der Waals surface area contributed by atoms with Crippen molar-refractivity contribution in [1.29, 1.82) is 0 Å². The van der Waals surface area contributed by atoms with Crippen LogP contribution in [0.5, 0.6) is 0 Å². The molecule has 0 saturated heterocycles. The van der Waals surface area contributed by atoms with Crippen molar-refractivity contribution in [1.82, 2.24) is 5.32 Å². The Morgan fingerprint density at radius 2 is 2.05 bits per heavy atom. The molecule has 0 spiro atoms. The molecule has 1 unspecified atom stereocenters. The van der Waals surface area contributed by atoms with Crippen LogP contribution in [0.2, 0.25) is 0 Å². The highest BCUT2D eigenvalue weighted by atomic mass is 79.9. The average molecular weight is 344 g/mol. The van der Waals surface area contributed by atoms with Gasteiger partial charge in [-0.1, -0.05) is 15.9 Å². The van der Waals surface area contributed by atoms with E-state index in [1.54, 1.807) is 0 Å². The third-order valence-corrected chi connectivity index (χ3v) is 5.06. The lowest BCUT2D eigenvalue weighted by Gasteiger charge is -2.29. The lowest BCUT2D eigenvalue weighted by atomic mass is 9.97. The van der Waals surface area contributed by atoms with Crippen LogP contribution in [0.15, 0.2) is 33.6 Å². The van der Waals surface area contributed by atoms with Gasteiger partial charge in [0.05, 0.1) is 6.61 Å². The monoisotopic (exact) mass is 343 g/mol. The number of benzene rings is 1. The highest BCUT2D eigenvalue weighted by Gasteiger charge is 2.31. The molecular formula is C15H22BrNOS. The van der Waals surface area contributed by atoms with Crippen LogP contribution >= 0.6 is 27.7 Å². The average Bonchev–Trinajstić information content (AvgIpc) is 3.21. The minimum absolute atomic E-state index is 0.0958. The van der Waals surface area contributed by atoms with Gasteiger partial charge in [0.2, 0.25) is 0 Å². The molecule has 2 nitrogen and oxygen atoms in total. The fraction of sp³-hybridized carbons (Fsp3) is 0.600. The molecule has 1 saturated carbocycles. The topological polar surface area (TPSA) is 32.3 Å². The summed E-state index contributed by atoms with van der Waals surface area (Å²) in [4.78, 5) is 1.31. The number of rotatable bonds is 8. The Kier molecular flexibility index (Phi) is 5.75. The Hall–Kier alpha value is -0.0300. The maximum Gasteiger partial charge on any atom is 0.0610 e. The molecule has 0 heterocycles. The van der Waals surface area contributed by atoms with Gasteiger partial charge in [-0.15, -0.1) is 11.8 Å². The Labute approximate surface area is 128 Å². The molecule has 0 bridgehead atoms. The van der Waals surface area contributed by atoms with Gasteiger partial charge >= 0.3 is 0 Å². The van der Waals surface area contributed by atoms with Crippen molar-refractivity contribution in [3.05, 3.63) is 28.7 Å². The number of aliphatic hydroxyl groups excluding tert-OH is 1. The van der Waals surface area contributed by atoms with Crippen molar-refractivity contribution < 1.29 is 5.11 Å². The molecule has 0 radical (unpaired) electrons. The number of hydrogen-bond acceptors (Lipinski definition) is 3. The van der Waals surface area contributed by atoms with E-state index in [-0.39, 0.29) is 12.1 Å². The molecule has 1 aromatic carbocycles. The fourth-order valence-corrected chi connectivity index (χ4v) is 3.22. The van der Waals surface area contributed by atoms with Crippen molar-refractivity contribution in [2.45, 2.75) is 49.1 Å². The van der Waals surface area contributed by atoms with Gasteiger partial charge in [0.25, 0.3) is 0 Å². The summed E-state index contributed by atoms with van der Waals surface area (Å²) in [6.45, 7) is 2.36. The maximum absolute atomic E-state index is 9.53. The molecule has 1 aromatic rings. The van der Waals surface area contributed by atoms with Crippen LogP contribution in [0.4, 0.5) is 0 Å². The second kappa shape index (κ2) is 7.11. The molecule has 0 aromatic heterocycles. The van der Waals surface area contributed by atoms with Gasteiger partial charge in [-0.2, -0.15) is 0 Å². The summed E-state index contributed by atoms with van der Waals surface area (Å²) >= 11 is 5.33. The van der Waals surface area contributed by atoms with E-state index in [0.717, 1.165) is 23.1 Å². The van der Waals surface area contributed by atoms with Crippen LogP contribution in [-0.2, 0) is 0 Å². The van der Waals surface area contributed by atoms with Gasteiger partial charge in [-0.05, 0) is 62.6 Å². The molecule has 4 heteroatoms. The predicted octanol–water partition coefficient (Wildman–Crippen LogP) is 3.82. The van der Waals surface area contributed by atoms with Crippen LogP contribution in [0.25, 0.3) is 0 Å². The van der Waals surface area contributed by atoms with Crippen LogP contribution in [0.3, 0.4) is 0 Å². The van der Waals surface area contributed by atoms with Crippen molar-refractivity contribution >= 4 is 27.7 Å². The normalized spacial score (nSPS) is 18.3. The van der Waals surface area contributed by atoms with Crippen LogP contribution in [0, 0.1) is 0 Å². The predicted molar refractivity (Wildman–Crippen MR) is 85.7 cm³/mol. The zero-order chi connectivity index (χ0) is 13.7. The second-order valence-corrected chi connectivity index (χ2v) is 7.63. The zero-order valence-corrected chi connectivity index (χ0v) is 13.8. The van der Waals surface area contributed by atoms with Crippen molar-refractivity contribution in [3.63, 3.8) is 0 Å². The third-order valence-electron chi connectivity index (χ3n) is 3.43. The summed E-state index contributed by atoms with van der Waals surface area (Å²) < 4.78 is 1.12. The Bertz CT molecular complexity index is 394. The standard InChI is InChI=1S/C15H22BrNOS/c1-15(11-18,17-13-5-6-13)9-2-10-19-14-7-3-12(16)4-8-14/h3-4,7-8,13,17-18H,2,5-6,9-11H2,1H3. The highest BCUT2D eigenvalue weighted by molar-refractivity contribution is 9.10. The molecule has 1 atom stereocenters. The molecular weight excluding hydrogens is 322 g/mol. The number of aliphatic hydroxyl groups is 1. The van der Waals surface area contributed by atoms with E-state index in [0.29, 0.717) is 6.04 Å². The lowest BCUT2D eigenvalue weighted by Crippen LogP contribution is -2.46. The van der Waals surface area contributed by atoms with Gasteiger partial charge in [0.1, 0.15) is 0 Å². The van der Waals surface area contributed by atoms with E-state index in [4.69, 9.17) is 0 Å². The smallest absolute Gasteiger partial charge is 0.0610 e. The van der Waals surface area contributed by atoms with Gasteiger partial charge in [-0.3, -0.25) is 0 Å². The van der Waals surface area contributed by atoms with Crippen LogP contribution in [0.1, 0.15) is 32.6 Å². The summed E-state index contributed by atoms with van der Waals surface area (Å²) in [7, 11) is 0. The Morgan fingerprint density at radius 3 is 2.63 bits per heavy atom. The van der Waals surface area contributed by atoms with Crippen LogP contribution in [-0.4, -0.2) is 29.0 Å². The summed E-state index contributed by atoms with van der Waals surface area (Å²) in [5.41, 5.74) is -0.0958. The molecule has 2 N–H and O–H groups in total. The lowest BCUT2D eigenvalue weighted by molar-refractivity contribution is 0.163. The molecule has 19 heavy (non-hydrogen) atoms. The van der Waals surface area contributed by atoms with Gasteiger partial charge < -0.3 is 10.4 Å². The molecule has 1 fully saturated rings. The highest BCUT2D eigenvalue weighted by Crippen LogP contribution is 2.26. The summed E-state index contributed by atoms with van der Waals surface area (Å²) in [5.74, 6) is 1.10. The SMILES string of the molecule is CC(CO)(CCCSc1ccc(Br)cc1)NC1CC1. The summed E-state index contributed by atoms with van der Waals surface area (Å²) in [6, 6.07) is 9.09. The fourth-order valence-electron chi connectivity index (χ4n) is 2.10. The Balaban J connectivity index is 1.68. The maximum atomic E-state index is 9.53.